The van der Waals surface area contributed by atoms with E-state index in [0.717, 1.165) is 23.0 Å². The zero-order valence-corrected chi connectivity index (χ0v) is 10.5. The summed E-state index contributed by atoms with van der Waals surface area (Å²) in [6.45, 7) is 3.91. The molecule has 0 aliphatic carbocycles. The third-order valence-electron chi connectivity index (χ3n) is 2.96. The number of aryl methyl sites for hydroxylation is 1. The second kappa shape index (κ2) is 3.63. The van der Waals surface area contributed by atoms with Crippen molar-refractivity contribution in [1.82, 2.24) is 0 Å². The highest BCUT2D eigenvalue weighted by Gasteiger charge is 2.37. The summed E-state index contributed by atoms with van der Waals surface area (Å²) < 4.78 is 0. The number of rotatable bonds is 2. The fourth-order valence-corrected chi connectivity index (χ4v) is 2.36. The standard InChI is InChI=1S/C12H14BrNO/c1-12(2)9-4-3-8(5-6-13)7-10(9)14-11(12)15/h3-4,7H,5-6H2,1-2H3,(H,14,15). The summed E-state index contributed by atoms with van der Waals surface area (Å²) in [5.74, 6) is 0.0912. The number of halogens is 1. The zero-order chi connectivity index (χ0) is 11.1. The van der Waals surface area contributed by atoms with Gasteiger partial charge in [-0.25, -0.2) is 0 Å². The number of benzene rings is 1. The first-order chi connectivity index (χ1) is 7.05. The summed E-state index contributed by atoms with van der Waals surface area (Å²) in [5.41, 5.74) is 2.94. The van der Waals surface area contributed by atoms with Gasteiger partial charge in [0.05, 0.1) is 5.41 Å². The summed E-state index contributed by atoms with van der Waals surface area (Å²) in [7, 11) is 0. The minimum Gasteiger partial charge on any atom is -0.325 e. The molecule has 0 fully saturated rings. The van der Waals surface area contributed by atoms with Crippen molar-refractivity contribution in [2.75, 3.05) is 10.6 Å². The molecular formula is C12H14BrNO. The van der Waals surface area contributed by atoms with Gasteiger partial charge in [0.2, 0.25) is 5.91 Å². The predicted octanol–water partition coefficient (Wildman–Crippen LogP) is 2.85. The van der Waals surface area contributed by atoms with E-state index in [1.165, 1.54) is 5.56 Å². The van der Waals surface area contributed by atoms with E-state index >= 15 is 0 Å². The molecule has 0 bridgehead atoms. The van der Waals surface area contributed by atoms with Gasteiger partial charge in [-0.2, -0.15) is 0 Å². The zero-order valence-electron chi connectivity index (χ0n) is 8.93. The molecule has 80 valence electrons. The Morgan fingerprint density at radius 3 is 2.80 bits per heavy atom. The Morgan fingerprint density at radius 1 is 1.40 bits per heavy atom. The van der Waals surface area contributed by atoms with E-state index in [4.69, 9.17) is 0 Å². The van der Waals surface area contributed by atoms with Gasteiger partial charge in [0, 0.05) is 11.0 Å². The van der Waals surface area contributed by atoms with Crippen LogP contribution in [0, 0.1) is 0 Å². The third-order valence-corrected chi connectivity index (χ3v) is 3.35. The van der Waals surface area contributed by atoms with Crippen LogP contribution in [0.25, 0.3) is 0 Å². The lowest BCUT2D eigenvalue weighted by atomic mass is 9.86. The van der Waals surface area contributed by atoms with Crippen LogP contribution in [0.5, 0.6) is 0 Å². The SMILES string of the molecule is CC1(C)C(=O)Nc2cc(CCBr)ccc21. The monoisotopic (exact) mass is 267 g/mol. The van der Waals surface area contributed by atoms with E-state index in [0.29, 0.717) is 0 Å². The van der Waals surface area contributed by atoms with E-state index in [1.807, 2.05) is 13.8 Å². The van der Waals surface area contributed by atoms with Crippen molar-refractivity contribution in [1.29, 1.82) is 0 Å². The van der Waals surface area contributed by atoms with Crippen LogP contribution in [0.2, 0.25) is 0 Å². The largest absolute Gasteiger partial charge is 0.325 e. The number of fused-ring (bicyclic) bond motifs is 1. The average molecular weight is 268 g/mol. The van der Waals surface area contributed by atoms with Gasteiger partial charge >= 0.3 is 0 Å². The van der Waals surface area contributed by atoms with Crippen LogP contribution in [0.3, 0.4) is 0 Å². The van der Waals surface area contributed by atoms with E-state index < -0.39 is 0 Å². The summed E-state index contributed by atoms with van der Waals surface area (Å²) in [5, 5.41) is 3.88. The van der Waals surface area contributed by atoms with Crippen LogP contribution >= 0.6 is 15.9 Å². The number of nitrogens with one attached hydrogen (secondary N) is 1. The molecule has 1 aromatic carbocycles. The van der Waals surface area contributed by atoms with Gasteiger partial charge in [-0.05, 0) is 37.5 Å². The van der Waals surface area contributed by atoms with Gasteiger partial charge in [0.1, 0.15) is 0 Å². The highest BCUT2D eigenvalue weighted by molar-refractivity contribution is 9.09. The minimum absolute atomic E-state index is 0.0912. The number of carbonyl (C=O) groups excluding carboxylic acids is 1. The molecule has 2 rings (SSSR count). The molecule has 1 N–H and O–H groups in total. The molecule has 0 aromatic heterocycles. The number of hydrogen-bond donors (Lipinski definition) is 1. The van der Waals surface area contributed by atoms with Gasteiger partial charge < -0.3 is 5.32 Å². The summed E-state index contributed by atoms with van der Waals surface area (Å²) >= 11 is 3.41. The Kier molecular flexibility index (Phi) is 2.59. The molecule has 2 nitrogen and oxygen atoms in total. The molecule has 0 unspecified atom stereocenters. The van der Waals surface area contributed by atoms with Crippen LogP contribution in [-0.4, -0.2) is 11.2 Å². The van der Waals surface area contributed by atoms with Gasteiger partial charge in [0.25, 0.3) is 0 Å². The summed E-state index contributed by atoms with van der Waals surface area (Å²) in [6.07, 6.45) is 0.990. The quantitative estimate of drug-likeness (QED) is 0.821. The molecular weight excluding hydrogens is 254 g/mol. The predicted molar refractivity (Wildman–Crippen MR) is 65.6 cm³/mol. The smallest absolute Gasteiger partial charge is 0.234 e. The third kappa shape index (κ3) is 1.69. The second-order valence-corrected chi connectivity index (χ2v) is 5.19. The van der Waals surface area contributed by atoms with Crippen molar-refractivity contribution in [2.45, 2.75) is 25.7 Å². The lowest BCUT2D eigenvalue weighted by molar-refractivity contribution is -0.119. The minimum atomic E-state index is -0.387. The molecule has 1 amide bonds. The molecule has 1 aliphatic heterocycles. The number of alkyl halides is 1. The Balaban J connectivity index is 2.42. The first-order valence-electron chi connectivity index (χ1n) is 5.06. The van der Waals surface area contributed by atoms with Crippen molar-refractivity contribution in [2.24, 2.45) is 0 Å². The van der Waals surface area contributed by atoms with Gasteiger partial charge in [-0.1, -0.05) is 28.1 Å². The number of anilines is 1. The van der Waals surface area contributed by atoms with E-state index in [2.05, 4.69) is 39.4 Å². The van der Waals surface area contributed by atoms with E-state index in [-0.39, 0.29) is 11.3 Å². The van der Waals surface area contributed by atoms with Crippen LogP contribution in [0.1, 0.15) is 25.0 Å². The maximum atomic E-state index is 11.7. The van der Waals surface area contributed by atoms with E-state index in [1.54, 1.807) is 0 Å². The molecule has 1 aliphatic rings. The number of hydrogen-bond acceptors (Lipinski definition) is 1. The molecule has 0 spiro atoms. The summed E-state index contributed by atoms with van der Waals surface area (Å²) in [4.78, 5) is 11.7. The Labute approximate surface area is 98.2 Å². The van der Waals surface area contributed by atoms with Crippen molar-refractivity contribution >= 4 is 27.5 Å². The fourth-order valence-electron chi connectivity index (χ4n) is 1.91. The molecule has 0 saturated heterocycles. The van der Waals surface area contributed by atoms with Gasteiger partial charge in [0.15, 0.2) is 0 Å². The molecule has 0 saturated carbocycles. The maximum Gasteiger partial charge on any atom is 0.234 e. The Morgan fingerprint density at radius 2 is 2.13 bits per heavy atom. The first-order valence-corrected chi connectivity index (χ1v) is 6.18. The lowest BCUT2D eigenvalue weighted by Crippen LogP contribution is -2.26. The molecule has 1 heterocycles. The average Bonchev–Trinajstić information content (AvgIpc) is 2.38. The lowest BCUT2D eigenvalue weighted by Gasteiger charge is -2.14. The van der Waals surface area contributed by atoms with Crippen molar-refractivity contribution in [3.8, 4) is 0 Å². The molecule has 3 heteroatoms. The Bertz CT molecular complexity index is 412. The number of carbonyl (C=O) groups is 1. The van der Waals surface area contributed by atoms with Gasteiger partial charge in [-0.15, -0.1) is 0 Å². The normalized spacial score (nSPS) is 17.4. The van der Waals surface area contributed by atoms with Crippen LogP contribution in [0.15, 0.2) is 18.2 Å². The fraction of sp³-hybridized carbons (Fsp3) is 0.417. The molecule has 0 atom stereocenters. The van der Waals surface area contributed by atoms with Crippen molar-refractivity contribution in [3.05, 3.63) is 29.3 Å². The number of amides is 1. The van der Waals surface area contributed by atoms with Crippen molar-refractivity contribution < 1.29 is 4.79 Å². The van der Waals surface area contributed by atoms with Crippen LogP contribution in [0.4, 0.5) is 5.69 Å². The molecule has 15 heavy (non-hydrogen) atoms. The maximum absolute atomic E-state index is 11.7. The topological polar surface area (TPSA) is 29.1 Å². The first kappa shape index (κ1) is 10.7. The highest BCUT2D eigenvalue weighted by atomic mass is 79.9. The van der Waals surface area contributed by atoms with Gasteiger partial charge in [-0.3, -0.25) is 4.79 Å². The molecule has 1 aromatic rings. The van der Waals surface area contributed by atoms with E-state index in [9.17, 15) is 4.79 Å². The van der Waals surface area contributed by atoms with Crippen LogP contribution < -0.4 is 5.32 Å². The molecule has 0 radical (unpaired) electrons. The second-order valence-electron chi connectivity index (χ2n) is 4.40. The van der Waals surface area contributed by atoms with Crippen LogP contribution in [-0.2, 0) is 16.6 Å². The highest BCUT2D eigenvalue weighted by Crippen LogP contribution is 2.37. The summed E-state index contributed by atoms with van der Waals surface area (Å²) in [6, 6.07) is 6.23. The Hall–Kier alpha value is -0.830. The van der Waals surface area contributed by atoms with Crippen molar-refractivity contribution in [3.63, 3.8) is 0 Å².